The average molecular weight is 445 g/mol. The molecule has 8 nitrogen and oxygen atoms in total. The van der Waals surface area contributed by atoms with Crippen molar-refractivity contribution >= 4 is 38.1 Å². The number of nitrogens with one attached hydrogen (secondary N) is 1. The van der Waals surface area contributed by atoms with E-state index in [4.69, 9.17) is 4.74 Å². The summed E-state index contributed by atoms with van der Waals surface area (Å²) in [4.78, 5) is 12.5. The number of ether oxygens (including phenoxy) is 1. The summed E-state index contributed by atoms with van der Waals surface area (Å²) in [5.41, 5.74) is 3.04. The van der Waals surface area contributed by atoms with E-state index in [1.807, 2.05) is 32.0 Å². The van der Waals surface area contributed by atoms with Crippen molar-refractivity contribution in [2.45, 2.75) is 30.6 Å². The Morgan fingerprint density at radius 1 is 1.23 bits per heavy atom. The van der Waals surface area contributed by atoms with Crippen molar-refractivity contribution in [1.82, 2.24) is 10.2 Å². The molecule has 0 radical (unpaired) electrons. The predicted molar refractivity (Wildman–Crippen MR) is 115 cm³/mol. The molecule has 1 aromatic heterocycles. The fourth-order valence-corrected chi connectivity index (χ4v) is 6.21. The van der Waals surface area contributed by atoms with E-state index in [0.717, 1.165) is 22.5 Å². The summed E-state index contributed by atoms with van der Waals surface area (Å²) in [6.45, 7) is 3.84. The standard InChI is InChI=1S/C20H20N4O4S2/c1-12-8-9-16-14(10-12)11-13(2)24(16)30(26,27)20-23-22-19(29-20)21-18(25)15-6-4-5-7-17(15)28-3/h4-10,13H,11H2,1-3H3,(H,21,22,25). The highest BCUT2D eigenvalue weighted by Crippen LogP contribution is 2.38. The first-order valence-electron chi connectivity index (χ1n) is 9.23. The Labute approximate surface area is 178 Å². The highest BCUT2D eigenvalue weighted by Gasteiger charge is 2.38. The second kappa shape index (κ2) is 7.69. The van der Waals surface area contributed by atoms with Gasteiger partial charge in [-0.15, -0.1) is 10.2 Å². The Kier molecular flexibility index (Phi) is 5.20. The summed E-state index contributed by atoms with van der Waals surface area (Å²) in [5.74, 6) is -0.0481. The smallest absolute Gasteiger partial charge is 0.293 e. The fourth-order valence-electron chi connectivity index (χ4n) is 3.54. The van der Waals surface area contributed by atoms with Gasteiger partial charge in [0.2, 0.25) is 5.13 Å². The van der Waals surface area contributed by atoms with Gasteiger partial charge in [0.1, 0.15) is 5.75 Å². The maximum Gasteiger partial charge on any atom is 0.293 e. The fraction of sp³-hybridized carbons (Fsp3) is 0.250. The molecule has 1 atom stereocenters. The van der Waals surface area contributed by atoms with Gasteiger partial charge in [0, 0.05) is 6.04 Å². The molecule has 0 bridgehead atoms. The lowest BCUT2D eigenvalue weighted by Crippen LogP contribution is -2.35. The number of rotatable bonds is 5. The maximum absolute atomic E-state index is 13.3. The van der Waals surface area contributed by atoms with E-state index in [9.17, 15) is 13.2 Å². The van der Waals surface area contributed by atoms with Crippen LogP contribution < -0.4 is 14.4 Å². The molecule has 2 heterocycles. The van der Waals surface area contributed by atoms with Crippen molar-refractivity contribution in [2.24, 2.45) is 0 Å². The lowest BCUT2D eigenvalue weighted by Gasteiger charge is -2.22. The first-order chi connectivity index (χ1) is 14.3. The number of benzene rings is 2. The van der Waals surface area contributed by atoms with Gasteiger partial charge >= 0.3 is 0 Å². The number of aryl methyl sites for hydroxylation is 1. The highest BCUT2D eigenvalue weighted by atomic mass is 32.2. The molecule has 0 aliphatic carbocycles. The minimum Gasteiger partial charge on any atom is -0.496 e. The van der Waals surface area contributed by atoms with E-state index in [0.29, 0.717) is 23.4 Å². The maximum atomic E-state index is 13.3. The third-order valence-electron chi connectivity index (χ3n) is 4.85. The monoisotopic (exact) mass is 444 g/mol. The zero-order chi connectivity index (χ0) is 21.5. The van der Waals surface area contributed by atoms with Crippen LogP contribution in [0.2, 0.25) is 0 Å². The number of nitrogens with zero attached hydrogens (tertiary/aromatic N) is 3. The summed E-state index contributed by atoms with van der Waals surface area (Å²) >= 11 is 0.818. The number of para-hydroxylation sites is 1. The number of amides is 1. The van der Waals surface area contributed by atoms with Crippen molar-refractivity contribution in [1.29, 1.82) is 0 Å². The molecule has 0 saturated heterocycles. The molecule has 0 spiro atoms. The second-order valence-electron chi connectivity index (χ2n) is 7.01. The summed E-state index contributed by atoms with van der Waals surface area (Å²) in [7, 11) is -2.43. The van der Waals surface area contributed by atoms with E-state index >= 15 is 0 Å². The van der Waals surface area contributed by atoms with Gasteiger partial charge in [-0.3, -0.25) is 14.4 Å². The Hall–Kier alpha value is -2.98. The molecule has 1 N–H and O–H groups in total. The molecule has 10 heteroatoms. The molecule has 0 fully saturated rings. The number of hydrogen-bond acceptors (Lipinski definition) is 7. The number of fused-ring (bicyclic) bond motifs is 1. The molecule has 3 aromatic rings. The Morgan fingerprint density at radius 3 is 2.77 bits per heavy atom. The molecule has 1 unspecified atom stereocenters. The second-order valence-corrected chi connectivity index (χ2v) is 9.98. The minimum atomic E-state index is -3.90. The van der Waals surface area contributed by atoms with Crippen molar-refractivity contribution in [3.63, 3.8) is 0 Å². The Morgan fingerprint density at radius 2 is 2.00 bits per heavy atom. The quantitative estimate of drug-likeness (QED) is 0.606. The number of methoxy groups -OCH3 is 1. The van der Waals surface area contributed by atoms with Gasteiger partial charge in [-0.2, -0.15) is 8.42 Å². The van der Waals surface area contributed by atoms with Crippen LogP contribution in [0.4, 0.5) is 10.8 Å². The topological polar surface area (TPSA) is 101 Å². The van der Waals surface area contributed by atoms with Gasteiger partial charge in [-0.1, -0.05) is 41.2 Å². The van der Waals surface area contributed by atoms with Crippen LogP contribution in [0, 0.1) is 6.92 Å². The molecule has 0 saturated carbocycles. The van der Waals surface area contributed by atoms with E-state index in [-0.39, 0.29) is 15.5 Å². The normalized spacial score (nSPS) is 15.7. The van der Waals surface area contributed by atoms with E-state index in [2.05, 4.69) is 15.5 Å². The first-order valence-corrected chi connectivity index (χ1v) is 11.5. The molecule has 30 heavy (non-hydrogen) atoms. The molecular weight excluding hydrogens is 424 g/mol. The van der Waals surface area contributed by atoms with Gasteiger partial charge in [0.05, 0.1) is 18.4 Å². The van der Waals surface area contributed by atoms with Crippen molar-refractivity contribution in [3.8, 4) is 5.75 Å². The molecule has 4 rings (SSSR count). The largest absolute Gasteiger partial charge is 0.496 e. The molecule has 1 amide bonds. The summed E-state index contributed by atoms with van der Waals surface area (Å²) in [6.07, 6.45) is 0.631. The molecule has 156 valence electrons. The first kappa shape index (κ1) is 20.3. The lowest BCUT2D eigenvalue weighted by molar-refractivity contribution is 0.102. The number of sulfonamides is 1. The number of hydrogen-bond donors (Lipinski definition) is 1. The van der Waals surface area contributed by atoms with Gasteiger partial charge in [0.25, 0.3) is 20.3 Å². The van der Waals surface area contributed by atoms with Crippen LogP contribution >= 0.6 is 11.3 Å². The van der Waals surface area contributed by atoms with Gasteiger partial charge in [-0.25, -0.2) is 0 Å². The molecule has 2 aromatic carbocycles. The van der Waals surface area contributed by atoms with E-state index < -0.39 is 15.9 Å². The molecular formula is C20H20N4O4S2. The van der Waals surface area contributed by atoms with Crippen molar-refractivity contribution in [3.05, 3.63) is 59.2 Å². The van der Waals surface area contributed by atoms with Crippen molar-refractivity contribution < 1.29 is 17.9 Å². The predicted octanol–water partition coefficient (Wildman–Crippen LogP) is 3.25. The van der Waals surface area contributed by atoms with Gasteiger partial charge < -0.3 is 4.74 Å². The molecule has 1 aliphatic rings. The van der Waals surface area contributed by atoms with E-state index in [1.54, 1.807) is 24.3 Å². The van der Waals surface area contributed by atoms with Crippen LogP contribution in [-0.2, 0) is 16.4 Å². The summed E-state index contributed by atoms with van der Waals surface area (Å²) in [6, 6.07) is 12.2. The third kappa shape index (κ3) is 3.52. The number of anilines is 2. The van der Waals surface area contributed by atoms with Gasteiger partial charge in [-0.05, 0) is 44.0 Å². The van der Waals surface area contributed by atoms with Crippen LogP contribution in [0.5, 0.6) is 5.75 Å². The summed E-state index contributed by atoms with van der Waals surface area (Å²) < 4.78 is 32.9. The van der Waals surface area contributed by atoms with Crippen LogP contribution in [0.3, 0.4) is 0 Å². The van der Waals surface area contributed by atoms with Crippen LogP contribution in [0.25, 0.3) is 0 Å². The Balaban J connectivity index is 1.60. The van der Waals surface area contributed by atoms with Crippen LogP contribution in [0.1, 0.15) is 28.4 Å². The number of aromatic nitrogens is 2. The van der Waals surface area contributed by atoms with Crippen LogP contribution in [0.15, 0.2) is 46.8 Å². The van der Waals surface area contributed by atoms with Crippen molar-refractivity contribution in [2.75, 3.05) is 16.7 Å². The average Bonchev–Trinajstić information content (AvgIpc) is 3.31. The number of carbonyl (C=O) groups is 1. The highest BCUT2D eigenvalue weighted by molar-refractivity contribution is 7.94. The van der Waals surface area contributed by atoms with Crippen LogP contribution in [-0.4, -0.2) is 37.7 Å². The lowest BCUT2D eigenvalue weighted by atomic mass is 10.1. The third-order valence-corrected chi connectivity index (χ3v) is 7.96. The SMILES string of the molecule is COc1ccccc1C(=O)Nc1nnc(S(=O)(=O)N2c3ccc(C)cc3CC2C)s1. The summed E-state index contributed by atoms with van der Waals surface area (Å²) in [5, 5.41) is 10.4. The molecule has 1 aliphatic heterocycles. The van der Waals surface area contributed by atoms with Gasteiger partial charge in [0.15, 0.2) is 0 Å². The zero-order valence-electron chi connectivity index (χ0n) is 16.6. The number of carbonyl (C=O) groups excluding carboxylic acids is 1. The van der Waals surface area contributed by atoms with E-state index in [1.165, 1.54) is 11.4 Å². The minimum absolute atomic E-state index is 0.0976. The zero-order valence-corrected chi connectivity index (χ0v) is 18.3. The Bertz CT molecular complexity index is 1220.